The van der Waals surface area contributed by atoms with Crippen molar-refractivity contribution in [1.82, 2.24) is 0 Å². The Balaban J connectivity index is 1.38. The largest absolute Gasteiger partial charge is 0.494 e. The Labute approximate surface area is 179 Å². The first-order valence-electron chi connectivity index (χ1n) is 10.1. The summed E-state index contributed by atoms with van der Waals surface area (Å²) in [4.78, 5) is 0. The highest BCUT2D eigenvalue weighted by atomic mass is 32.1. The Bertz CT molecular complexity index is 1310. The third kappa shape index (κ3) is 2.61. The van der Waals surface area contributed by atoms with Crippen LogP contribution in [0.4, 0.5) is 0 Å². The van der Waals surface area contributed by atoms with E-state index in [1.807, 2.05) is 18.2 Å². The van der Waals surface area contributed by atoms with E-state index in [1.165, 1.54) is 20.2 Å². The molecule has 6 heteroatoms. The number of thiophene rings is 1. The summed E-state index contributed by atoms with van der Waals surface area (Å²) >= 11 is 1.77. The van der Waals surface area contributed by atoms with Crippen molar-refractivity contribution in [3.05, 3.63) is 54.6 Å². The third-order valence-corrected chi connectivity index (χ3v) is 7.51. The zero-order chi connectivity index (χ0) is 20.7. The monoisotopic (exact) mass is 416 g/mol. The average molecular weight is 416 g/mol. The van der Waals surface area contributed by atoms with Gasteiger partial charge < -0.3 is 18.8 Å². The molecule has 0 N–H and O–H groups in total. The summed E-state index contributed by atoms with van der Waals surface area (Å²) in [7, 11) is -0.436. The van der Waals surface area contributed by atoms with Crippen molar-refractivity contribution in [1.29, 1.82) is 0 Å². The van der Waals surface area contributed by atoms with Gasteiger partial charge in [-0.1, -0.05) is 24.3 Å². The van der Waals surface area contributed by atoms with Gasteiger partial charge in [0.05, 0.1) is 11.2 Å². The molecule has 30 heavy (non-hydrogen) atoms. The highest BCUT2D eigenvalue weighted by molar-refractivity contribution is 7.25. The minimum Gasteiger partial charge on any atom is -0.450 e. The lowest BCUT2D eigenvalue weighted by molar-refractivity contribution is 0.00578. The molecule has 4 aromatic rings. The van der Waals surface area contributed by atoms with Crippen LogP contribution in [0.2, 0.25) is 0 Å². The molecule has 3 aromatic carbocycles. The molecule has 0 unspecified atom stereocenters. The Morgan fingerprint density at radius 1 is 0.667 bits per heavy atom. The van der Waals surface area contributed by atoms with Crippen molar-refractivity contribution in [3.63, 3.8) is 0 Å². The molecule has 1 saturated heterocycles. The first-order chi connectivity index (χ1) is 14.3. The van der Waals surface area contributed by atoms with Crippen molar-refractivity contribution in [2.24, 2.45) is 0 Å². The summed E-state index contributed by atoms with van der Waals surface area (Å²) < 4.78 is 27.3. The summed E-state index contributed by atoms with van der Waals surface area (Å²) in [5.74, 6) is 2.84. The molecule has 3 heterocycles. The maximum absolute atomic E-state index is 6.28. The Kier molecular flexibility index (Phi) is 3.65. The Hall–Kier alpha value is -2.54. The van der Waals surface area contributed by atoms with Gasteiger partial charge in [0.1, 0.15) is 0 Å². The van der Waals surface area contributed by atoms with Crippen LogP contribution < -0.4 is 14.9 Å². The summed E-state index contributed by atoms with van der Waals surface area (Å²) in [6.45, 7) is 8.21. The molecular formula is C24H21BO4S. The lowest BCUT2D eigenvalue weighted by Gasteiger charge is -2.32. The number of benzene rings is 3. The first kappa shape index (κ1) is 18.3. The Morgan fingerprint density at radius 2 is 1.33 bits per heavy atom. The van der Waals surface area contributed by atoms with Gasteiger partial charge in [-0.25, -0.2) is 0 Å². The van der Waals surface area contributed by atoms with Gasteiger partial charge in [-0.2, -0.15) is 0 Å². The molecule has 0 amide bonds. The van der Waals surface area contributed by atoms with Crippen LogP contribution >= 0.6 is 11.3 Å². The normalized spacial score (nSPS) is 18.7. The van der Waals surface area contributed by atoms with E-state index in [1.54, 1.807) is 11.3 Å². The van der Waals surface area contributed by atoms with Gasteiger partial charge in [-0.3, -0.25) is 0 Å². The van der Waals surface area contributed by atoms with Crippen molar-refractivity contribution in [2.45, 2.75) is 38.9 Å². The molecule has 0 radical (unpaired) electrons. The zero-order valence-corrected chi connectivity index (χ0v) is 18.1. The predicted octanol–water partition coefficient (Wildman–Crippen LogP) is 6.25. The van der Waals surface area contributed by atoms with E-state index in [-0.39, 0.29) is 11.2 Å². The van der Waals surface area contributed by atoms with Gasteiger partial charge in [-0.15, -0.1) is 11.3 Å². The number of hydrogen-bond acceptors (Lipinski definition) is 5. The molecule has 0 saturated carbocycles. The van der Waals surface area contributed by atoms with E-state index in [9.17, 15) is 0 Å². The second kappa shape index (κ2) is 6.00. The van der Waals surface area contributed by atoms with Crippen molar-refractivity contribution >= 4 is 44.1 Å². The highest BCUT2D eigenvalue weighted by Gasteiger charge is 2.51. The number of hydrogen-bond donors (Lipinski definition) is 0. The van der Waals surface area contributed by atoms with E-state index in [4.69, 9.17) is 18.8 Å². The minimum atomic E-state index is -0.436. The minimum absolute atomic E-state index is 0.386. The molecule has 2 aliphatic heterocycles. The second-order valence-corrected chi connectivity index (χ2v) is 9.98. The van der Waals surface area contributed by atoms with Gasteiger partial charge in [0.15, 0.2) is 23.0 Å². The SMILES string of the molecule is CC1(C)OB(c2ccc3c(c2)Oc2cc4c(cc2O3)sc2ccccc24)OC1(C)C. The topological polar surface area (TPSA) is 36.9 Å². The van der Waals surface area contributed by atoms with Crippen molar-refractivity contribution in [3.8, 4) is 23.0 Å². The van der Waals surface area contributed by atoms with E-state index < -0.39 is 7.12 Å². The van der Waals surface area contributed by atoms with Gasteiger partial charge in [-0.05, 0) is 57.4 Å². The zero-order valence-electron chi connectivity index (χ0n) is 17.3. The maximum Gasteiger partial charge on any atom is 0.494 e. The summed E-state index contributed by atoms with van der Waals surface area (Å²) in [6.07, 6.45) is 0. The van der Waals surface area contributed by atoms with Crippen LogP contribution in [0.25, 0.3) is 20.2 Å². The summed E-state index contributed by atoms with van der Waals surface area (Å²) in [6, 6.07) is 18.4. The molecule has 6 rings (SSSR count). The van der Waals surface area contributed by atoms with E-state index in [2.05, 4.69) is 64.1 Å². The van der Waals surface area contributed by atoms with Crippen LogP contribution in [0.3, 0.4) is 0 Å². The molecule has 0 aliphatic carbocycles. The second-order valence-electron chi connectivity index (χ2n) is 8.89. The lowest BCUT2D eigenvalue weighted by Crippen LogP contribution is -2.41. The molecule has 0 bridgehead atoms. The molecule has 1 fully saturated rings. The van der Waals surface area contributed by atoms with Gasteiger partial charge in [0.25, 0.3) is 0 Å². The molecule has 150 valence electrons. The van der Waals surface area contributed by atoms with Crippen molar-refractivity contribution in [2.75, 3.05) is 0 Å². The van der Waals surface area contributed by atoms with Crippen LogP contribution in [0.5, 0.6) is 23.0 Å². The fourth-order valence-electron chi connectivity index (χ4n) is 3.94. The van der Waals surface area contributed by atoms with Gasteiger partial charge in [0, 0.05) is 26.2 Å². The molecule has 0 spiro atoms. The van der Waals surface area contributed by atoms with E-state index in [0.717, 1.165) is 17.0 Å². The number of rotatable bonds is 1. The molecule has 2 aliphatic rings. The van der Waals surface area contributed by atoms with E-state index >= 15 is 0 Å². The summed E-state index contributed by atoms with van der Waals surface area (Å²) in [5.41, 5.74) is 0.147. The number of fused-ring (bicyclic) bond motifs is 5. The van der Waals surface area contributed by atoms with E-state index in [0.29, 0.717) is 11.5 Å². The molecule has 1 aromatic heterocycles. The van der Waals surface area contributed by atoms with Crippen LogP contribution in [-0.4, -0.2) is 18.3 Å². The average Bonchev–Trinajstić information content (AvgIpc) is 3.16. The molecule has 4 nitrogen and oxygen atoms in total. The lowest BCUT2D eigenvalue weighted by atomic mass is 9.79. The van der Waals surface area contributed by atoms with Crippen molar-refractivity contribution < 1.29 is 18.8 Å². The maximum atomic E-state index is 6.28. The Morgan fingerprint density at radius 3 is 2.13 bits per heavy atom. The number of ether oxygens (including phenoxy) is 2. The fourth-order valence-corrected chi connectivity index (χ4v) is 5.06. The van der Waals surface area contributed by atoms with Gasteiger partial charge in [0.2, 0.25) is 0 Å². The predicted molar refractivity (Wildman–Crippen MR) is 122 cm³/mol. The fraction of sp³-hybridized carbons (Fsp3) is 0.250. The summed E-state index contributed by atoms with van der Waals surface area (Å²) in [5, 5.41) is 2.42. The highest BCUT2D eigenvalue weighted by Crippen LogP contribution is 2.49. The third-order valence-electron chi connectivity index (χ3n) is 6.38. The smallest absolute Gasteiger partial charge is 0.450 e. The van der Waals surface area contributed by atoms with Gasteiger partial charge >= 0.3 is 7.12 Å². The van der Waals surface area contributed by atoms with Crippen LogP contribution in [-0.2, 0) is 9.31 Å². The standard InChI is InChI=1S/C24H21BO4S/c1-23(2)24(3,4)29-25(28-23)14-9-10-17-18(11-14)27-19-12-16-15-7-5-6-8-21(15)30-22(16)13-20(19)26-17/h5-13H,1-4H3. The van der Waals surface area contributed by atoms with Crippen LogP contribution in [0.1, 0.15) is 27.7 Å². The molecular weight excluding hydrogens is 395 g/mol. The van der Waals surface area contributed by atoms with Crippen LogP contribution in [0, 0.1) is 0 Å². The first-order valence-corrected chi connectivity index (χ1v) is 10.9. The quantitative estimate of drug-likeness (QED) is 0.303. The van der Waals surface area contributed by atoms with Crippen LogP contribution in [0.15, 0.2) is 54.6 Å². The molecule has 0 atom stereocenters.